The number of imide groups is 1. The lowest BCUT2D eigenvalue weighted by molar-refractivity contribution is -0.143. The Morgan fingerprint density at radius 1 is 1.47 bits per heavy atom. The Balaban J connectivity index is 2.65. The van der Waals surface area contributed by atoms with Crippen molar-refractivity contribution in [2.24, 2.45) is 0 Å². The van der Waals surface area contributed by atoms with Crippen molar-refractivity contribution in [1.82, 2.24) is 4.90 Å². The summed E-state index contributed by atoms with van der Waals surface area (Å²) in [5.74, 6) is -0.708. The van der Waals surface area contributed by atoms with Crippen LogP contribution in [0.15, 0.2) is 11.1 Å². The summed E-state index contributed by atoms with van der Waals surface area (Å²) in [6.45, 7) is 4.97. The maximum atomic E-state index is 11.8. The van der Waals surface area contributed by atoms with Gasteiger partial charge in [0.15, 0.2) is 0 Å². The molecule has 17 heavy (non-hydrogen) atoms. The van der Waals surface area contributed by atoms with Crippen LogP contribution in [-0.4, -0.2) is 36.5 Å². The van der Waals surface area contributed by atoms with E-state index in [1.54, 1.807) is 6.92 Å². The summed E-state index contributed by atoms with van der Waals surface area (Å²) < 4.78 is 5.14. The Morgan fingerprint density at radius 3 is 2.76 bits per heavy atom. The van der Waals surface area contributed by atoms with Crippen LogP contribution in [0.2, 0.25) is 0 Å². The van der Waals surface area contributed by atoms with E-state index in [-0.39, 0.29) is 17.9 Å². The first-order chi connectivity index (χ1) is 8.11. The number of amides is 2. The van der Waals surface area contributed by atoms with E-state index < -0.39 is 5.91 Å². The second kappa shape index (κ2) is 6.16. The average Bonchev–Trinajstić information content (AvgIpc) is 2.28. The third-order valence-electron chi connectivity index (χ3n) is 2.59. The lowest BCUT2D eigenvalue weighted by atomic mass is 10.0. The van der Waals surface area contributed by atoms with E-state index in [1.165, 1.54) is 0 Å². The molecule has 0 unspecified atom stereocenters. The maximum absolute atomic E-state index is 11.8. The molecule has 0 saturated carbocycles. The van der Waals surface area contributed by atoms with Gasteiger partial charge in [-0.1, -0.05) is 0 Å². The molecule has 1 aliphatic heterocycles. The van der Waals surface area contributed by atoms with Crippen LogP contribution in [0.25, 0.3) is 0 Å². The van der Waals surface area contributed by atoms with E-state index in [0.717, 1.165) is 4.90 Å². The predicted molar refractivity (Wildman–Crippen MR) is 60.8 cm³/mol. The molecule has 0 saturated heterocycles. The minimum atomic E-state index is -0.474. The Labute approximate surface area is 101 Å². The average molecular weight is 236 g/mol. The Bertz CT molecular complexity index is 393. The maximum Gasteiger partial charge on any atom is 0.271 e. The monoisotopic (exact) mass is 236 g/mol. The van der Waals surface area contributed by atoms with Crippen molar-refractivity contribution in [2.75, 3.05) is 19.8 Å². The van der Waals surface area contributed by atoms with Crippen molar-refractivity contribution >= 4 is 11.8 Å². The molecular weight excluding hydrogens is 220 g/mol. The zero-order valence-corrected chi connectivity index (χ0v) is 10.2. The van der Waals surface area contributed by atoms with Gasteiger partial charge in [0.05, 0.1) is 0 Å². The van der Waals surface area contributed by atoms with Crippen LogP contribution in [-0.2, 0) is 14.3 Å². The lowest BCUT2D eigenvalue weighted by Gasteiger charge is -2.25. The van der Waals surface area contributed by atoms with Crippen molar-refractivity contribution in [2.45, 2.75) is 26.7 Å². The van der Waals surface area contributed by atoms with Gasteiger partial charge in [0.2, 0.25) is 5.91 Å². The number of hydrogen-bond donors (Lipinski definition) is 0. The molecule has 1 heterocycles. The van der Waals surface area contributed by atoms with Crippen molar-refractivity contribution in [3.05, 3.63) is 11.1 Å². The van der Waals surface area contributed by atoms with Crippen molar-refractivity contribution < 1.29 is 14.3 Å². The molecule has 1 aliphatic rings. The van der Waals surface area contributed by atoms with Gasteiger partial charge in [-0.2, -0.15) is 5.26 Å². The standard InChI is InChI=1S/C12H16N2O3/c1-3-17-6-4-5-14-11(15)7-9(2)10(8-13)12(14)16/h3-7H2,1-2H3. The Morgan fingerprint density at radius 2 is 2.18 bits per heavy atom. The number of carbonyl (C=O) groups excluding carboxylic acids is 2. The van der Waals surface area contributed by atoms with Crippen LogP contribution in [0.4, 0.5) is 0 Å². The summed E-state index contributed by atoms with van der Waals surface area (Å²) in [4.78, 5) is 24.6. The minimum absolute atomic E-state index is 0.0982. The molecule has 2 amide bonds. The highest BCUT2D eigenvalue weighted by molar-refractivity contribution is 6.10. The van der Waals surface area contributed by atoms with Gasteiger partial charge in [0.1, 0.15) is 11.6 Å². The molecule has 0 spiro atoms. The van der Waals surface area contributed by atoms with Crippen LogP contribution < -0.4 is 0 Å². The molecular formula is C12H16N2O3. The van der Waals surface area contributed by atoms with E-state index in [4.69, 9.17) is 10.00 Å². The number of nitriles is 1. The summed E-state index contributed by atoms with van der Waals surface area (Å²) in [5, 5.41) is 8.85. The molecule has 0 N–H and O–H groups in total. The fourth-order valence-corrected chi connectivity index (χ4v) is 1.68. The van der Waals surface area contributed by atoms with Crippen LogP contribution in [0.1, 0.15) is 26.7 Å². The zero-order chi connectivity index (χ0) is 12.8. The molecule has 0 fully saturated rings. The van der Waals surface area contributed by atoms with E-state index in [9.17, 15) is 9.59 Å². The topological polar surface area (TPSA) is 70.4 Å². The highest BCUT2D eigenvalue weighted by Crippen LogP contribution is 2.19. The SMILES string of the molecule is CCOCCCN1C(=O)CC(C)=C(C#N)C1=O. The largest absolute Gasteiger partial charge is 0.382 e. The first kappa shape index (κ1) is 13.4. The molecule has 0 aromatic heterocycles. The van der Waals surface area contributed by atoms with Crippen molar-refractivity contribution in [3.63, 3.8) is 0 Å². The van der Waals surface area contributed by atoms with E-state index in [0.29, 0.717) is 31.8 Å². The van der Waals surface area contributed by atoms with E-state index in [2.05, 4.69) is 0 Å². The molecule has 92 valence electrons. The van der Waals surface area contributed by atoms with Gasteiger partial charge >= 0.3 is 0 Å². The molecule has 5 heteroatoms. The summed E-state index contributed by atoms with van der Waals surface area (Å²) >= 11 is 0. The Kier molecular flexibility index (Phi) is 4.85. The number of hydrogen-bond acceptors (Lipinski definition) is 4. The summed E-state index contributed by atoms with van der Waals surface area (Å²) in [5.41, 5.74) is 0.657. The molecule has 0 aromatic carbocycles. The predicted octanol–water partition coefficient (Wildman–Crippen LogP) is 1.01. The zero-order valence-electron chi connectivity index (χ0n) is 10.2. The molecule has 0 bridgehead atoms. The van der Waals surface area contributed by atoms with Crippen LogP contribution >= 0.6 is 0 Å². The third-order valence-corrected chi connectivity index (χ3v) is 2.59. The smallest absolute Gasteiger partial charge is 0.271 e. The van der Waals surface area contributed by atoms with Gasteiger partial charge in [-0.3, -0.25) is 14.5 Å². The highest BCUT2D eigenvalue weighted by Gasteiger charge is 2.30. The quantitative estimate of drug-likeness (QED) is 0.527. The second-order valence-electron chi connectivity index (χ2n) is 3.84. The van der Waals surface area contributed by atoms with Gasteiger partial charge < -0.3 is 4.74 Å². The molecule has 0 aliphatic carbocycles. The van der Waals surface area contributed by atoms with Gasteiger partial charge in [-0.25, -0.2) is 0 Å². The molecule has 0 atom stereocenters. The first-order valence-electron chi connectivity index (χ1n) is 5.64. The molecule has 5 nitrogen and oxygen atoms in total. The normalized spacial score (nSPS) is 16.4. The summed E-state index contributed by atoms with van der Waals surface area (Å²) in [6.07, 6.45) is 0.756. The summed E-state index contributed by atoms with van der Waals surface area (Å²) in [7, 11) is 0. The van der Waals surface area contributed by atoms with Gasteiger partial charge in [0, 0.05) is 26.2 Å². The number of ether oxygens (including phenoxy) is 1. The second-order valence-corrected chi connectivity index (χ2v) is 3.84. The molecule has 0 radical (unpaired) electrons. The molecule has 1 rings (SSSR count). The Hall–Kier alpha value is -1.67. The third kappa shape index (κ3) is 3.14. The van der Waals surface area contributed by atoms with Crippen LogP contribution in [0, 0.1) is 11.3 Å². The van der Waals surface area contributed by atoms with E-state index >= 15 is 0 Å². The minimum Gasteiger partial charge on any atom is -0.382 e. The van der Waals surface area contributed by atoms with Gasteiger partial charge in [-0.05, 0) is 25.8 Å². The first-order valence-corrected chi connectivity index (χ1v) is 5.64. The number of nitrogens with zero attached hydrogens (tertiary/aromatic N) is 2. The van der Waals surface area contributed by atoms with Crippen LogP contribution in [0.3, 0.4) is 0 Å². The lowest BCUT2D eigenvalue weighted by Crippen LogP contribution is -2.42. The number of carbonyl (C=O) groups is 2. The van der Waals surface area contributed by atoms with Gasteiger partial charge in [-0.15, -0.1) is 0 Å². The molecule has 0 aromatic rings. The number of rotatable bonds is 5. The van der Waals surface area contributed by atoms with Crippen molar-refractivity contribution in [3.8, 4) is 6.07 Å². The fraction of sp³-hybridized carbons (Fsp3) is 0.583. The highest BCUT2D eigenvalue weighted by atomic mass is 16.5. The van der Waals surface area contributed by atoms with Gasteiger partial charge in [0.25, 0.3) is 5.91 Å². The van der Waals surface area contributed by atoms with Crippen LogP contribution in [0.5, 0.6) is 0 Å². The van der Waals surface area contributed by atoms with Crippen molar-refractivity contribution in [1.29, 1.82) is 5.26 Å². The summed E-state index contributed by atoms with van der Waals surface area (Å²) in [6, 6.07) is 1.86. The fourth-order valence-electron chi connectivity index (χ4n) is 1.68. The van der Waals surface area contributed by atoms with E-state index in [1.807, 2.05) is 13.0 Å².